The SMILES string of the molecule is C[C@H](C#N)SC1=N/C(=C/c2ccc(Cl)c(Cl)c2)C(=O)N1c1ccccc1F. The van der Waals surface area contributed by atoms with Crippen LogP contribution in [0.4, 0.5) is 10.1 Å². The molecule has 0 radical (unpaired) electrons. The van der Waals surface area contributed by atoms with E-state index in [-0.39, 0.29) is 16.6 Å². The summed E-state index contributed by atoms with van der Waals surface area (Å²) in [7, 11) is 0. The Bertz CT molecular complexity index is 1020. The molecule has 27 heavy (non-hydrogen) atoms. The van der Waals surface area contributed by atoms with Gasteiger partial charge in [-0.3, -0.25) is 9.69 Å². The van der Waals surface area contributed by atoms with E-state index in [0.29, 0.717) is 15.6 Å². The smallest absolute Gasteiger partial charge is 0.266 e. The maximum Gasteiger partial charge on any atom is 0.283 e. The number of amides is 1. The average Bonchev–Trinajstić information content (AvgIpc) is 2.93. The summed E-state index contributed by atoms with van der Waals surface area (Å²) in [6.45, 7) is 1.68. The van der Waals surface area contributed by atoms with Gasteiger partial charge in [-0.2, -0.15) is 5.26 Å². The molecular weight excluding hydrogens is 408 g/mol. The lowest BCUT2D eigenvalue weighted by Crippen LogP contribution is -2.31. The summed E-state index contributed by atoms with van der Waals surface area (Å²) >= 11 is 13.0. The first-order valence-electron chi connectivity index (χ1n) is 7.81. The van der Waals surface area contributed by atoms with Crippen molar-refractivity contribution in [2.24, 2.45) is 4.99 Å². The molecule has 2 aromatic rings. The predicted octanol–water partition coefficient (Wildman–Crippen LogP) is 5.52. The monoisotopic (exact) mass is 419 g/mol. The Morgan fingerprint density at radius 3 is 2.67 bits per heavy atom. The standard InChI is InChI=1S/C19H12Cl2FN3OS/c1-11(10-23)27-19-24-16(9-12-6-7-13(20)14(21)8-12)18(26)25(19)17-5-3-2-4-15(17)22/h2-9,11H,1H3/b16-9+/t11-/m1/s1. The largest absolute Gasteiger partial charge is 0.283 e. The van der Waals surface area contributed by atoms with Crippen LogP contribution >= 0.6 is 35.0 Å². The van der Waals surface area contributed by atoms with Crippen LogP contribution in [-0.2, 0) is 4.79 Å². The molecule has 1 aliphatic heterocycles. The molecule has 0 bridgehead atoms. The molecule has 0 aliphatic carbocycles. The minimum absolute atomic E-state index is 0.0800. The molecule has 0 spiro atoms. The molecule has 1 heterocycles. The Labute approximate surface area is 169 Å². The van der Waals surface area contributed by atoms with E-state index in [4.69, 9.17) is 28.5 Å². The number of amidine groups is 1. The van der Waals surface area contributed by atoms with Gasteiger partial charge in [0.2, 0.25) is 0 Å². The van der Waals surface area contributed by atoms with Crippen LogP contribution in [0.3, 0.4) is 0 Å². The Kier molecular flexibility index (Phi) is 5.85. The van der Waals surface area contributed by atoms with Gasteiger partial charge in [0.05, 0.1) is 27.1 Å². The molecule has 0 saturated heterocycles. The van der Waals surface area contributed by atoms with E-state index in [1.807, 2.05) is 0 Å². The highest BCUT2D eigenvalue weighted by atomic mass is 35.5. The van der Waals surface area contributed by atoms with Crippen molar-refractivity contribution in [3.05, 3.63) is 69.6 Å². The van der Waals surface area contributed by atoms with Crippen molar-refractivity contribution < 1.29 is 9.18 Å². The van der Waals surface area contributed by atoms with Crippen LogP contribution in [0.25, 0.3) is 6.08 Å². The van der Waals surface area contributed by atoms with E-state index in [1.165, 1.54) is 23.1 Å². The molecule has 0 N–H and O–H groups in total. The summed E-state index contributed by atoms with van der Waals surface area (Å²) in [6.07, 6.45) is 1.54. The topological polar surface area (TPSA) is 56.5 Å². The van der Waals surface area contributed by atoms with Gasteiger partial charge in [-0.1, -0.05) is 53.2 Å². The van der Waals surface area contributed by atoms with Gasteiger partial charge < -0.3 is 0 Å². The number of aliphatic imine (C=N–C) groups is 1. The lowest BCUT2D eigenvalue weighted by molar-refractivity contribution is -0.113. The van der Waals surface area contributed by atoms with Crippen LogP contribution in [0.1, 0.15) is 12.5 Å². The lowest BCUT2D eigenvalue weighted by Gasteiger charge is -2.18. The third kappa shape index (κ3) is 4.16. The quantitative estimate of drug-likeness (QED) is 0.615. The first kappa shape index (κ1) is 19.4. The Balaban J connectivity index is 2.05. The fourth-order valence-corrected chi connectivity index (χ4v) is 3.48. The number of anilines is 1. The number of halogens is 3. The Morgan fingerprint density at radius 2 is 2.00 bits per heavy atom. The molecule has 0 aromatic heterocycles. The van der Waals surface area contributed by atoms with E-state index in [0.717, 1.165) is 11.8 Å². The third-order valence-corrected chi connectivity index (χ3v) is 5.32. The Morgan fingerprint density at radius 1 is 1.26 bits per heavy atom. The fraction of sp³-hybridized carbons (Fsp3) is 0.105. The van der Waals surface area contributed by atoms with Gasteiger partial charge in [-0.25, -0.2) is 9.38 Å². The maximum atomic E-state index is 14.3. The summed E-state index contributed by atoms with van der Waals surface area (Å²) < 4.78 is 14.3. The van der Waals surface area contributed by atoms with E-state index >= 15 is 0 Å². The molecule has 0 fully saturated rings. The van der Waals surface area contributed by atoms with Gasteiger partial charge in [0.15, 0.2) is 5.17 Å². The second-order valence-electron chi connectivity index (χ2n) is 5.58. The molecule has 8 heteroatoms. The number of carbonyl (C=O) groups excluding carboxylic acids is 1. The minimum atomic E-state index is -0.556. The van der Waals surface area contributed by atoms with Crippen LogP contribution in [0.2, 0.25) is 10.0 Å². The number of thioether (sulfide) groups is 1. The summed E-state index contributed by atoms with van der Waals surface area (Å²) in [5.74, 6) is -1.04. The molecule has 1 aliphatic rings. The highest BCUT2D eigenvalue weighted by Crippen LogP contribution is 2.33. The number of nitrogens with zero attached hydrogens (tertiary/aromatic N) is 3. The molecule has 0 unspecified atom stereocenters. The van der Waals surface area contributed by atoms with Crippen molar-refractivity contribution in [3.63, 3.8) is 0 Å². The van der Waals surface area contributed by atoms with Gasteiger partial charge >= 0.3 is 0 Å². The van der Waals surface area contributed by atoms with Gasteiger partial charge in [0, 0.05) is 0 Å². The molecule has 136 valence electrons. The fourth-order valence-electron chi connectivity index (χ4n) is 2.37. The zero-order chi connectivity index (χ0) is 19.6. The van der Waals surface area contributed by atoms with E-state index in [2.05, 4.69) is 11.1 Å². The predicted molar refractivity (Wildman–Crippen MR) is 108 cm³/mol. The van der Waals surface area contributed by atoms with E-state index < -0.39 is 17.0 Å². The number of hydrogen-bond acceptors (Lipinski definition) is 4. The summed E-state index contributed by atoms with van der Waals surface area (Å²) in [5, 5.41) is 9.61. The summed E-state index contributed by atoms with van der Waals surface area (Å²) in [5.41, 5.74) is 0.824. The van der Waals surface area contributed by atoms with E-state index in [1.54, 1.807) is 37.3 Å². The normalized spacial score (nSPS) is 16.4. The van der Waals surface area contributed by atoms with Crippen molar-refractivity contribution in [1.29, 1.82) is 5.26 Å². The number of hydrogen-bond donors (Lipinski definition) is 0. The number of rotatable bonds is 3. The molecule has 1 atom stereocenters. The first-order chi connectivity index (χ1) is 12.9. The van der Waals surface area contributed by atoms with Crippen molar-refractivity contribution in [3.8, 4) is 6.07 Å². The van der Waals surface area contributed by atoms with Crippen molar-refractivity contribution in [2.75, 3.05) is 4.90 Å². The highest BCUT2D eigenvalue weighted by Gasteiger charge is 2.34. The lowest BCUT2D eigenvalue weighted by atomic mass is 10.2. The second kappa shape index (κ2) is 8.13. The molecular formula is C19H12Cl2FN3OS. The first-order valence-corrected chi connectivity index (χ1v) is 9.45. The summed E-state index contributed by atoms with van der Waals surface area (Å²) in [6, 6.07) is 12.9. The highest BCUT2D eigenvalue weighted by molar-refractivity contribution is 8.15. The number of carbonyl (C=O) groups is 1. The molecule has 3 rings (SSSR count). The van der Waals surface area contributed by atoms with Crippen LogP contribution in [0.15, 0.2) is 53.2 Å². The van der Waals surface area contributed by atoms with Crippen molar-refractivity contribution >= 4 is 57.8 Å². The van der Waals surface area contributed by atoms with Gasteiger partial charge in [0.1, 0.15) is 11.5 Å². The number of para-hydroxylation sites is 1. The zero-order valence-corrected chi connectivity index (χ0v) is 16.3. The van der Waals surface area contributed by atoms with Crippen LogP contribution in [0.5, 0.6) is 0 Å². The minimum Gasteiger partial charge on any atom is -0.266 e. The van der Waals surface area contributed by atoms with Crippen LogP contribution < -0.4 is 4.90 Å². The van der Waals surface area contributed by atoms with Crippen molar-refractivity contribution in [2.45, 2.75) is 12.2 Å². The molecule has 1 amide bonds. The van der Waals surface area contributed by atoms with Crippen LogP contribution in [0, 0.1) is 17.1 Å². The average molecular weight is 420 g/mol. The van der Waals surface area contributed by atoms with Gasteiger partial charge in [0.25, 0.3) is 5.91 Å². The zero-order valence-electron chi connectivity index (χ0n) is 14.0. The van der Waals surface area contributed by atoms with Crippen LogP contribution in [-0.4, -0.2) is 16.3 Å². The molecule has 4 nitrogen and oxygen atoms in total. The number of benzene rings is 2. The van der Waals surface area contributed by atoms with E-state index in [9.17, 15) is 9.18 Å². The van der Waals surface area contributed by atoms with Gasteiger partial charge in [-0.05, 0) is 42.8 Å². The third-order valence-electron chi connectivity index (χ3n) is 3.63. The Hall–Kier alpha value is -2.33. The maximum absolute atomic E-state index is 14.3. The molecule has 2 aromatic carbocycles. The van der Waals surface area contributed by atoms with Crippen molar-refractivity contribution in [1.82, 2.24) is 0 Å². The number of nitriles is 1. The summed E-state index contributed by atoms with van der Waals surface area (Å²) in [4.78, 5) is 18.4. The van der Waals surface area contributed by atoms with Gasteiger partial charge in [-0.15, -0.1) is 0 Å². The molecule has 0 saturated carbocycles. The second-order valence-corrected chi connectivity index (χ2v) is 7.70.